The summed E-state index contributed by atoms with van der Waals surface area (Å²) < 4.78 is 11.3. The van der Waals surface area contributed by atoms with Gasteiger partial charge in [0.05, 0.1) is 19.3 Å². The lowest BCUT2D eigenvalue weighted by Crippen LogP contribution is -2.27. The monoisotopic (exact) mass is 418 g/mol. The Balaban J connectivity index is 1.65. The summed E-state index contributed by atoms with van der Waals surface area (Å²) in [7, 11) is 0. The van der Waals surface area contributed by atoms with Crippen LogP contribution in [0.25, 0.3) is 27.7 Å². The number of hydrogen-bond acceptors (Lipinski definition) is 6. The highest BCUT2D eigenvalue weighted by atomic mass is 16.5. The van der Waals surface area contributed by atoms with E-state index in [1.165, 1.54) is 11.1 Å². The van der Waals surface area contributed by atoms with Gasteiger partial charge in [-0.2, -0.15) is 4.98 Å². The van der Waals surface area contributed by atoms with Crippen LogP contribution in [0.5, 0.6) is 5.75 Å². The molecule has 160 valence electrons. The fourth-order valence-electron chi connectivity index (χ4n) is 4.05. The molecule has 1 heterocycles. The molecular weight excluding hydrogens is 392 g/mol. The van der Waals surface area contributed by atoms with E-state index in [0.717, 1.165) is 24.8 Å². The van der Waals surface area contributed by atoms with Crippen molar-refractivity contribution in [2.45, 2.75) is 45.3 Å². The van der Waals surface area contributed by atoms with Crippen molar-refractivity contribution in [3.8, 4) is 28.6 Å². The molecule has 7 nitrogen and oxygen atoms in total. The maximum Gasteiger partial charge on any atom is 0.256 e. The molecule has 2 aromatic carbocycles. The summed E-state index contributed by atoms with van der Waals surface area (Å²) in [6.45, 7) is 12.0. The van der Waals surface area contributed by atoms with Crippen molar-refractivity contribution in [2.24, 2.45) is 0 Å². The molecule has 1 aliphatic carbocycles. The van der Waals surface area contributed by atoms with Gasteiger partial charge in [-0.25, -0.2) is 4.85 Å². The van der Waals surface area contributed by atoms with Gasteiger partial charge in [-0.05, 0) is 62.4 Å². The van der Waals surface area contributed by atoms with Crippen molar-refractivity contribution in [2.75, 3.05) is 13.2 Å². The van der Waals surface area contributed by atoms with Gasteiger partial charge in [-0.15, -0.1) is 0 Å². The molecule has 0 radical (unpaired) electrons. The molecule has 0 aliphatic heterocycles. The predicted octanol–water partition coefficient (Wildman–Crippen LogP) is 4.70. The first-order valence-electron chi connectivity index (χ1n) is 10.6. The minimum Gasteiger partial charge on any atom is -0.502 e. The lowest BCUT2D eigenvalue weighted by atomic mass is 9.84. The van der Waals surface area contributed by atoms with E-state index in [4.69, 9.17) is 20.9 Å². The van der Waals surface area contributed by atoms with E-state index in [9.17, 15) is 0 Å². The summed E-state index contributed by atoms with van der Waals surface area (Å²) in [4.78, 5) is 8.21. The first-order chi connectivity index (χ1) is 15.1. The van der Waals surface area contributed by atoms with Gasteiger partial charge in [-0.1, -0.05) is 23.4 Å². The van der Waals surface area contributed by atoms with E-state index in [-0.39, 0.29) is 18.8 Å². The van der Waals surface area contributed by atoms with Crippen LogP contribution in [-0.4, -0.2) is 34.5 Å². The Hall–Kier alpha value is -3.21. The number of rotatable bonds is 7. The normalized spacial score (nSPS) is 15.5. The average Bonchev–Trinajstić information content (AvgIpc) is 3.27. The predicted molar refractivity (Wildman–Crippen MR) is 118 cm³/mol. The van der Waals surface area contributed by atoms with Gasteiger partial charge in [0.15, 0.2) is 0 Å². The average molecular weight is 418 g/mol. The first kappa shape index (κ1) is 21.0. The van der Waals surface area contributed by atoms with Crippen LogP contribution in [0.3, 0.4) is 0 Å². The van der Waals surface area contributed by atoms with Crippen LogP contribution >= 0.6 is 0 Å². The van der Waals surface area contributed by atoms with E-state index in [2.05, 4.69) is 26.4 Å². The number of fused-ring (bicyclic) bond motifs is 1. The molecule has 0 unspecified atom stereocenters. The zero-order chi connectivity index (χ0) is 21.8. The lowest BCUT2D eigenvalue weighted by molar-refractivity contribution is 0.244. The first-order valence-corrected chi connectivity index (χ1v) is 10.6. The van der Waals surface area contributed by atoms with Crippen molar-refractivity contribution >= 4 is 5.69 Å². The minimum absolute atomic E-state index is 0.0127. The third-order valence-electron chi connectivity index (χ3n) is 5.37. The molecule has 1 aliphatic rings. The molecule has 0 spiro atoms. The summed E-state index contributed by atoms with van der Waals surface area (Å²) >= 11 is 0. The van der Waals surface area contributed by atoms with Gasteiger partial charge in [-0.3, -0.25) is 0 Å². The Labute approximate surface area is 181 Å². The van der Waals surface area contributed by atoms with Crippen LogP contribution < -0.4 is 10.1 Å². The second kappa shape index (κ2) is 9.29. The van der Waals surface area contributed by atoms with Gasteiger partial charge in [0, 0.05) is 23.7 Å². The fraction of sp³-hybridized carbons (Fsp3) is 0.375. The highest BCUT2D eigenvalue weighted by Crippen LogP contribution is 2.37. The summed E-state index contributed by atoms with van der Waals surface area (Å²) in [5.41, 5.74) is 4.52. The molecule has 4 rings (SSSR count). The smallest absolute Gasteiger partial charge is 0.256 e. The Bertz CT molecular complexity index is 1100. The van der Waals surface area contributed by atoms with E-state index in [1.54, 1.807) is 12.1 Å². The van der Waals surface area contributed by atoms with Crippen molar-refractivity contribution < 1.29 is 14.4 Å². The van der Waals surface area contributed by atoms with E-state index in [0.29, 0.717) is 35.3 Å². The Morgan fingerprint density at radius 1 is 1.32 bits per heavy atom. The molecule has 3 aromatic rings. The summed E-state index contributed by atoms with van der Waals surface area (Å²) in [6.07, 6.45) is 3.04. The topological polar surface area (TPSA) is 84.8 Å². The zero-order valence-corrected chi connectivity index (χ0v) is 17.8. The van der Waals surface area contributed by atoms with Gasteiger partial charge >= 0.3 is 0 Å². The van der Waals surface area contributed by atoms with Crippen LogP contribution in [0.2, 0.25) is 0 Å². The van der Waals surface area contributed by atoms with E-state index < -0.39 is 0 Å². The SMILES string of the molecule is [C-]#[N+]c1cc(-c2nc(-c3cccc4c3CCC[C@H]4NCCO)no2)ccc1OC(C)C. The van der Waals surface area contributed by atoms with E-state index in [1.807, 2.05) is 32.0 Å². The highest BCUT2D eigenvalue weighted by Gasteiger charge is 2.24. The third-order valence-corrected chi connectivity index (χ3v) is 5.37. The Kier molecular flexibility index (Phi) is 6.31. The number of ether oxygens (including phenoxy) is 1. The molecule has 0 amide bonds. The van der Waals surface area contributed by atoms with Crippen LogP contribution in [0.15, 0.2) is 40.9 Å². The minimum atomic E-state index is -0.0127. The number of nitrogens with zero attached hydrogens (tertiary/aromatic N) is 3. The van der Waals surface area contributed by atoms with Crippen molar-refractivity contribution in [1.29, 1.82) is 0 Å². The number of hydrogen-bond donors (Lipinski definition) is 2. The molecule has 31 heavy (non-hydrogen) atoms. The lowest BCUT2D eigenvalue weighted by Gasteiger charge is -2.27. The van der Waals surface area contributed by atoms with E-state index >= 15 is 0 Å². The second-order valence-corrected chi connectivity index (χ2v) is 7.88. The molecule has 0 saturated heterocycles. The van der Waals surface area contributed by atoms with Crippen molar-refractivity contribution in [1.82, 2.24) is 15.5 Å². The van der Waals surface area contributed by atoms with Crippen LogP contribution in [-0.2, 0) is 6.42 Å². The summed E-state index contributed by atoms with van der Waals surface area (Å²) in [5.74, 6) is 1.47. The van der Waals surface area contributed by atoms with Crippen LogP contribution in [0, 0.1) is 6.57 Å². The highest BCUT2D eigenvalue weighted by molar-refractivity contribution is 5.70. The number of aliphatic hydroxyl groups excluding tert-OH is 1. The Morgan fingerprint density at radius 3 is 2.97 bits per heavy atom. The summed E-state index contributed by atoms with van der Waals surface area (Å²) in [5, 5.41) is 16.8. The molecular formula is C24H26N4O3. The zero-order valence-electron chi connectivity index (χ0n) is 17.8. The number of aliphatic hydroxyl groups is 1. The standard InChI is InChI=1S/C24H26N4O3/c1-15(2)30-22-11-10-16(14-21(22)25-3)24-27-23(28-31-24)19-8-4-7-18-17(19)6-5-9-20(18)26-12-13-29/h4,7-8,10-11,14-15,20,26,29H,5-6,9,12-13H2,1-2H3/t20-/m1/s1. The quantitative estimate of drug-likeness (QED) is 0.541. The molecule has 7 heteroatoms. The third kappa shape index (κ3) is 4.46. The molecule has 2 N–H and O–H groups in total. The fourth-order valence-corrected chi connectivity index (χ4v) is 4.05. The molecule has 1 atom stereocenters. The molecule has 0 saturated carbocycles. The maximum absolute atomic E-state index is 9.16. The van der Waals surface area contributed by atoms with Crippen molar-refractivity contribution in [3.05, 3.63) is 58.9 Å². The number of nitrogens with one attached hydrogen (secondary N) is 1. The van der Waals surface area contributed by atoms with Crippen LogP contribution in [0.4, 0.5) is 5.69 Å². The Morgan fingerprint density at radius 2 is 2.19 bits per heavy atom. The maximum atomic E-state index is 9.16. The van der Waals surface area contributed by atoms with Gasteiger partial charge in [0.2, 0.25) is 11.5 Å². The summed E-state index contributed by atoms with van der Waals surface area (Å²) in [6, 6.07) is 11.7. The molecule has 0 fully saturated rings. The van der Waals surface area contributed by atoms with Gasteiger partial charge < -0.3 is 19.7 Å². The largest absolute Gasteiger partial charge is 0.502 e. The van der Waals surface area contributed by atoms with Gasteiger partial charge in [0.1, 0.15) is 5.75 Å². The molecule has 0 bridgehead atoms. The van der Waals surface area contributed by atoms with Crippen LogP contribution in [0.1, 0.15) is 43.9 Å². The van der Waals surface area contributed by atoms with Crippen molar-refractivity contribution in [3.63, 3.8) is 0 Å². The van der Waals surface area contributed by atoms with Gasteiger partial charge in [0.25, 0.3) is 5.89 Å². The second-order valence-electron chi connectivity index (χ2n) is 7.88. The number of aromatic nitrogens is 2. The number of benzene rings is 2. The molecule has 1 aromatic heterocycles.